The molecule has 1 aromatic heterocycles. The van der Waals surface area contributed by atoms with Gasteiger partial charge in [0.05, 0.1) is 18.0 Å². The smallest absolute Gasteiger partial charge is 0.128 e. The van der Waals surface area contributed by atoms with Gasteiger partial charge >= 0.3 is 0 Å². The van der Waals surface area contributed by atoms with E-state index < -0.39 is 5.83 Å². The van der Waals surface area contributed by atoms with Gasteiger partial charge in [0.2, 0.25) is 0 Å². The monoisotopic (exact) mass is 244 g/mol. The second kappa shape index (κ2) is 5.51. The zero-order chi connectivity index (χ0) is 13.0. The summed E-state index contributed by atoms with van der Waals surface area (Å²) in [6.45, 7) is 1.56. The molecule has 0 spiro atoms. The van der Waals surface area contributed by atoms with Crippen molar-refractivity contribution in [2.45, 2.75) is 6.92 Å². The highest BCUT2D eigenvalue weighted by Gasteiger charge is 2.02. The fourth-order valence-corrected chi connectivity index (χ4v) is 1.55. The van der Waals surface area contributed by atoms with Gasteiger partial charge in [0.15, 0.2) is 0 Å². The highest BCUT2D eigenvalue weighted by Crippen LogP contribution is 2.21. The van der Waals surface area contributed by atoms with Gasteiger partial charge in [-0.15, -0.1) is 0 Å². The van der Waals surface area contributed by atoms with Crippen molar-refractivity contribution in [2.24, 2.45) is 0 Å². The van der Waals surface area contributed by atoms with Gasteiger partial charge in [-0.1, -0.05) is 24.3 Å². The van der Waals surface area contributed by atoms with Crippen molar-refractivity contribution in [3.63, 3.8) is 0 Å². The first kappa shape index (κ1) is 12.4. The third-order valence-corrected chi connectivity index (χ3v) is 2.52. The summed E-state index contributed by atoms with van der Waals surface area (Å²) in [6.07, 6.45) is 1.13. The number of benzene rings is 1. The van der Waals surface area contributed by atoms with E-state index in [-0.39, 0.29) is 6.61 Å². The van der Waals surface area contributed by atoms with E-state index in [2.05, 4.69) is 10.2 Å². The van der Waals surface area contributed by atoms with Gasteiger partial charge in [-0.3, -0.25) is 0 Å². The molecule has 4 heteroatoms. The summed E-state index contributed by atoms with van der Waals surface area (Å²) in [4.78, 5) is 0. The maximum absolute atomic E-state index is 13.4. The van der Waals surface area contributed by atoms with Crippen molar-refractivity contribution in [1.82, 2.24) is 10.2 Å². The Balaban J connectivity index is 2.27. The molecular formula is C14H13FN2O. The molecule has 2 aromatic rings. The summed E-state index contributed by atoms with van der Waals surface area (Å²) >= 11 is 0. The van der Waals surface area contributed by atoms with E-state index in [0.717, 1.165) is 23.0 Å². The Hall–Kier alpha value is -2.07. The molecule has 0 radical (unpaired) electrons. The number of aryl methyl sites for hydroxylation is 1. The van der Waals surface area contributed by atoms with Crippen LogP contribution in [0.4, 0.5) is 4.39 Å². The van der Waals surface area contributed by atoms with Gasteiger partial charge in [-0.05, 0) is 25.1 Å². The maximum Gasteiger partial charge on any atom is 0.128 e. The molecule has 1 aromatic carbocycles. The van der Waals surface area contributed by atoms with Crippen molar-refractivity contribution in [3.05, 3.63) is 53.7 Å². The quantitative estimate of drug-likeness (QED) is 0.903. The first-order valence-corrected chi connectivity index (χ1v) is 5.58. The summed E-state index contributed by atoms with van der Waals surface area (Å²) in [7, 11) is 0. The normalized spacial score (nSPS) is 11.6. The molecule has 1 heterocycles. The Morgan fingerprint density at radius 1 is 1.17 bits per heavy atom. The van der Waals surface area contributed by atoms with Crippen LogP contribution in [0.25, 0.3) is 17.1 Å². The first-order valence-electron chi connectivity index (χ1n) is 5.58. The third kappa shape index (κ3) is 2.78. The highest BCUT2D eigenvalue weighted by molar-refractivity contribution is 5.65. The molecule has 0 aliphatic rings. The van der Waals surface area contributed by atoms with Crippen LogP contribution in [-0.2, 0) is 0 Å². The van der Waals surface area contributed by atoms with Gasteiger partial charge < -0.3 is 5.11 Å². The summed E-state index contributed by atoms with van der Waals surface area (Å²) in [6, 6.07) is 10.6. The van der Waals surface area contributed by atoms with Crippen LogP contribution in [0.15, 0.2) is 42.5 Å². The molecule has 0 fully saturated rings. The SMILES string of the molecule is Cc1ccc(-c2ccc(/C(F)=C\CO)cc2)nn1. The molecule has 18 heavy (non-hydrogen) atoms. The fraction of sp³-hybridized carbons (Fsp3) is 0.143. The van der Waals surface area contributed by atoms with E-state index in [4.69, 9.17) is 5.11 Å². The standard InChI is InChI=1S/C14H13FN2O/c1-10-2-7-14(17-16-10)12-5-3-11(4-6-12)13(15)8-9-18/h2-8,18H,9H2,1H3/b13-8+. The van der Waals surface area contributed by atoms with Crippen LogP contribution in [0.3, 0.4) is 0 Å². The summed E-state index contributed by atoms with van der Waals surface area (Å²) in [5.74, 6) is -0.431. The topological polar surface area (TPSA) is 46.0 Å². The van der Waals surface area contributed by atoms with E-state index in [1.807, 2.05) is 19.1 Å². The van der Waals surface area contributed by atoms with E-state index in [1.165, 1.54) is 0 Å². The number of rotatable bonds is 3. The molecule has 0 atom stereocenters. The van der Waals surface area contributed by atoms with Crippen molar-refractivity contribution in [3.8, 4) is 11.3 Å². The second-order valence-electron chi connectivity index (χ2n) is 3.87. The third-order valence-electron chi connectivity index (χ3n) is 2.52. The van der Waals surface area contributed by atoms with Crippen molar-refractivity contribution in [2.75, 3.05) is 6.61 Å². The molecule has 0 saturated carbocycles. The van der Waals surface area contributed by atoms with Gasteiger partial charge in [0, 0.05) is 11.1 Å². The van der Waals surface area contributed by atoms with Gasteiger partial charge in [0.1, 0.15) is 5.83 Å². The second-order valence-corrected chi connectivity index (χ2v) is 3.87. The lowest BCUT2D eigenvalue weighted by Gasteiger charge is -2.02. The average molecular weight is 244 g/mol. The van der Waals surface area contributed by atoms with E-state index >= 15 is 0 Å². The zero-order valence-electron chi connectivity index (χ0n) is 9.97. The van der Waals surface area contributed by atoms with Crippen LogP contribution in [0.2, 0.25) is 0 Å². The molecule has 3 nitrogen and oxygen atoms in total. The Bertz CT molecular complexity index is 547. The summed E-state index contributed by atoms with van der Waals surface area (Å²) < 4.78 is 13.4. The minimum atomic E-state index is -0.431. The van der Waals surface area contributed by atoms with E-state index in [0.29, 0.717) is 5.56 Å². The largest absolute Gasteiger partial charge is 0.392 e. The number of aromatic nitrogens is 2. The predicted octanol–water partition coefficient (Wildman–Crippen LogP) is 2.75. The number of aliphatic hydroxyl groups is 1. The van der Waals surface area contributed by atoms with Crippen LogP contribution < -0.4 is 0 Å². The minimum Gasteiger partial charge on any atom is -0.392 e. The van der Waals surface area contributed by atoms with Gasteiger partial charge in [0.25, 0.3) is 0 Å². The average Bonchev–Trinajstić information content (AvgIpc) is 2.40. The van der Waals surface area contributed by atoms with Crippen molar-refractivity contribution < 1.29 is 9.50 Å². The van der Waals surface area contributed by atoms with Crippen molar-refractivity contribution >= 4 is 5.83 Å². The Kier molecular flexibility index (Phi) is 3.79. The lowest BCUT2D eigenvalue weighted by atomic mass is 10.1. The van der Waals surface area contributed by atoms with Crippen LogP contribution in [0, 0.1) is 6.92 Å². The predicted molar refractivity (Wildman–Crippen MR) is 68.4 cm³/mol. The van der Waals surface area contributed by atoms with E-state index in [9.17, 15) is 4.39 Å². The van der Waals surface area contributed by atoms with Gasteiger partial charge in [-0.2, -0.15) is 10.2 Å². The Morgan fingerprint density at radius 2 is 1.89 bits per heavy atom. The maximum atomic E-state index is 13.4. The Labute approximate surface area is 105 Å². The molecule has 2 rings (SSSR count). The minimum absolute atomic E-state index is 0.309. The molecule has 0 amide bonds. The molecule has 1 N–H and O–H groups in total. The lowest BCUT2D eigenvalue weighted by Crippen LogP contribution is -1.89. The molecule has 0 aliphatic carbocycles. The number of halogens is 1. The van der Waals surface area contributed by atoms with Crippen LogP contribution >= 0.6 is 0 Å². The van der Waals surface area contributed by atoms with Crippen LogP contribution in [0.5, 0.6) is 0 Å². The highest BCUT2D eigenvalue weighted by atomic mass is 19.1. The van der Waals surface area contributed by atoms with Crippen molar-refractivity contribution in [1.29, 1.82) is 0 Å². The number of hydrogen-bond acceptors (Lipinski definition) is 3. The zero-order valence-corrected chi connectivity index (χ0v) is 9.97. The molecule has 92 valence electrons. The fourth-order valence-electron chi connectivity index (χ4n) is 1.55. The van der Waals surface area contributed by atoms with Crippen LogP contribution in [0.1, 0.15) is 11.3 Å². The molecule has 0 aliphatic heterocycles. The lowest BCUT2D eigenvalue weighted by molar-refractivity contribution is 0.342. The van der Waals surface area contributed by atoms with E-state index in [1.54, 1.807) is 24.3 Å². The van der Waals surface area contributed by atoms with Gasteiger partial charge in [-0.25, -0.2) is 4.39 Å². The number of hydrogen-bond donors (Lipinski definition) is 1. The molecule has 0 bridgehead atoms. The molecule has 0 saturated heterocycles. The summed E-state index contributed by atoms with van der Waals surface area (Å²) in [5, 5.41) is 16.7. The number of aliphatic hydroxyl groups excluding tert-OH is 1. The first-order chi connectivity index (χ1) is 8.70. The summed E-state index contributed by atoms with van der Waals surface area (Å²) in [5.41, 5.74) is 2.92. The van der Waals surface area contributed by atoms with Crippen LogP contribution in [-0.4, -0.2) is 21.9 Å². The molecular weight excluding hydrogens is 231 g/mol. The Morgan fingerprint density at radius 3 is 2.44 bits per heavy atom. The number of nitrogens with zero attached hydrogens (tertiary/aromatic N) is 2. The molecule has 0 unspecified atom stereocenters.